The lowest BCUT2D eigenvalue weighted by Crippen LogP contribution is -2.14. The van der Waals surface area contributed by atoms with Crippen LogP contribution in [0.3, 0.4) is 0 Å². The van der Waals surface area contributed by atoms with Crippen LogP contribution in [0.15, 0.2) is 24.5 Å². The number of benzene rings is 1. The molecule has 0 saturated carbocycles. The molecule has 2 N–H and O–H groups in total. The van der Waals surface area contributed by atoms with Crippen molar-refractivity contribution < 1.29 is 4.92 Å². The lowest BCUT2D eigenvalue weighted by molar-refractivity contribution is -0.383. The van der Waals surface area contributed by atoms with Crippen molar-refractivity contribution in [3.63, 3.8) is 0 Å². The predicted octanol–water partition coefficient (Wildman–Crippen LogP) is 3.91. The number of halogens is 1. The SMILES string of the molecule is Cc1cc(Cl)ccc1Nc1ncnc(NC(C)C)c1[N+](=O)[O-]. The van der Waals surface area contributed by atoms with Gasteiger partial charge in [-0.25, -0.2) is 9.97 Å². The van der Waals surface area contributed by atoms with Gasteiger partial charge in [-0.15, -0.1) is 0 Å². The Morgan fingerprint density at radius 2 is 1.95 bits per heavy atom. The summed E-state index contributed by atoms with van der Waals surface area (Å²) in [6.07, 6.45) is 1.28. The molecule has 7 nitrogen and oxygen atoms in total. The van der Waals surface area contributed by atoms with E-state index in [1.54, 1.807) is 18.2 Å². The summed E-state index contributed by atoms with van der Waals surface area (Å²) < 4.78 is 0. The smallest absolute Gasteiger partial charge is 0.353 e. The number of aryl methyl sites for hydroxylation is 1. The standard InChI is InChI=1S/C14H16ClN5O2/c1-8(2)18-13-12(20(21)22)14(17-7-16-13)19-11-5-4-10(15)6-9(11)3/h4-8H,1-3H3,(H2,16,17,18,19). The summed E-state index contributed by atoms with van der Waals surface area (Å²) in [6, 6.07) is 5.24. The number of aromatic nitrogens is 2. The van der Waals surface area contributed by atoms with Crippen molar-refractivity contribution in [3.8, 4) is 0 Å². The molecular weight excluding hydrogens is 306 g/mol. The summed E-state index contributed by atoms with van der Waals surface area (Å²) in [4.78, 5) is 18.8. The van der Waals surface area contributed by atoms with Gasteiger partial charge in [-0.1, -0.05) is 11.6 Å². The molecule has 116 valence electrons. The second-order valence-corrected chi connectivity index (χ2v) is 5.50. The topological polar surface area (TPSA) is 93.0 Å². The van der Waals surface area contributed by atoms with Crippen LogP contribution in [0.4, 0.5) is 23.0 Å². The number of anilines is 3. The van der Waals surface area contributed by atoms with E-state index in [2.05, 4.69) is 20.6 Å². The summed E-state index contributed by atoms with van der Waals surface area (Å²) in [5.41, 5.74) is 1.37. The molecule has 2 rings (SSSR count). The first-order chi connectivity index (χ1) is 10.4. The van der Waals surface area contributed by atoms with E-state index in [1.807, 2.05) is 20.8 Å². The summed E-state index contributed by atoms with van der Waals surface area (Å²) in [7, 11) is 0. The van der Waals surface area contributed by atoms with Crippen LogP contribution < -0.4 is 10.6 Å². The Bertz CT molecular complexity index is 706. The normalized spacial score (nSPS) is 10.6. The maximum absolute atomic E-state index is 11.4. The van der Waals surface area contributed by atoms with Crippen LogP contribution >= 0.6 is 11.6 Å². The number of hydrogen-bond acceptors (Lipinski definition) is 6. The van der Waals surface area contributed by atoms with Crippen LogP contribution in [0.5, 0.6) is 0 Å². The minimum atomic E-state index is -0.502. The molecule has 0 fully saturated rings. The van der Waals surface area contributed by atoms with Crippen molar-refractivity contribution in [2.45, 2.75) is 26.8 Å². The molecule has 2 aromatic rings. The van der Waals surface area contributed by atoms with E-state index in [0.717, 1.165) is 5.56 Å². The van der Waals surface area contributed by atoms with Crippen LogP contribution in [0.25, 0.3) is 0 Å². The molecular formula is C14H16ClN5O2. The first kappa shape index (κ1) is 16.0. The fourth-order valence-corrected chi connectivity index (χ4v) is 2.14. The first-order valence-electron chi connectivity index (χ1n) is 6.67. The Morgan fingerprint density at radius 3 is 2.55 bits per heavy atom. The molecule has 22 heavy (non-hydrogen) atoms. The van der Waals surface area contributed by atoms with Gasteiger partial charge in [0.15, 0.2) is 0 Å². The van der Waals surface area contributed by atoms with Gasteiger partial charge in [-0.3, -0.25) is 10.1 Å². The van der Waals surface area contributed by atoms with Crippen LogP contribution in [0.1, 0.15) is 19.4 Å². The zero-order valence-corrected chi connectivity index (χ0v) is 13.2. The average molecular weight is 322 g/mol. The Balaban J connectivity index is 2.44. The highest BCUT2D eigenvalue weighted by molar-refractivity contribution is 6.30. The van der Waals surface area contributed by atoms with Crippen LogP contribution in [-0.4, -0.2) is 20.9 Å². The molecule has 1 aromatic heterocycles. The third-order valence-electron chi connectivity index (χ3n) is 2.87. The van der Waals surface area contributed by atoms with Crippen molar-refractivity contribution in [2.24, 2.45) is 0 Å². The second kappa shape index (κ2) is 6.57. The summed E-state index contributed by atoms with van der Waals surface area (Å²) in [5.74, 6) is 0.317. The van der Waals surface area contributed by atoms with Crippen LogP contribution in [0, 0.1) is 17.0 Å². The van der Waals surface area contributed by atoms with E-state index in [9.17, 15) is 10.1 Å². The van der Waals surface area contributed by atoms with Crippen molar-refractivity contribution in [3.05, 3.63) is 45.2 Å². The third-order valence-corrected chi connectivity index (χ3v) is 3.11. The number of nitro groups is 1. The highest BCUT2D eigenvalue weighted by Gasteiger charge is 2.23. The summed E-state index contributed by atoms with van der Waals surface area (Å²) in [6.45, 7) is 5.61. The fraction of sp³-hybridized carbons (Fsp3) is 0.286. The maximum Gasteiger partial charge on any atom is 0.353 e. The summed E-state index contributed by atoms with van der Waals surface area (Å²) in [5, 5.41) is 17.9. The van der Waals surface area contributed by atoms with Gasteiger partial charge >= 0.3 is 5.69 Å². The number of nitrogens with zero attached hydrogens (tertiary/aromatic N) is 3. The van der Waals surface area contributed by atoms with Gasteiger partial charge in [0.05, 0.1) is 4.92 Å². The van der Waals surface area contributed by atoms with E-state index in [0.29, 0.717) is 10.7 Å². The maximum atomic E-state index is 11.4. The molecule has 8 heteroatoms. The molecule has 0 aliphatic heterocycles. The molecule has 0 spiro atoms. The predicted molar refractivity (Wildman–Crippen MR) is 86.9 cm³/mol. The van der Waals surface area contributed by atoms with Gasteiger partial charge in [-0.2, -0.15) is 0 Å². The minimum absolute atomic E-state index is 0.0127. The molecule has 0 aliphatic carbocycles. The van der Waals surface area contributed by atoms with Gasteiger partial charge in [0.2, 0.25) is 11.6 Å². The van der Waals surface area contributed by atoms with E-state index in [1.165, 1.54) is 6.33 Å². The Morgan fingerprint density at radius 1 is 1.27 bits per heavy atom. The second-order valence-electron chi connectivity index (χ2n) is 5.06. The monoisotopic (exact) mass is 321 g/mol. The molecule has 0 unspecified atom stereocenters. The van der Waals surface area contributed by atoms with Gasteiger partial charge < -0.3 is 10.6 Å². The zero-order chi connectivity index (χ0) is 16.3. The van der Waals surface area contributed by atoms with Gasteiger partial charge in [0.25, 0.3) is 0 Å². The van der Waals surface area contributed by atoms with Crippen molar-refractivity contribution in [1.29, 1.82) is 0 Å². The van der Waals surface area contributed by atoms with E-state index in [4.69, 9.17) is 11.6 Å². The first-order valence-corrected chi connectivity index (χ1v) is 7.05. The molecule has 0 amide bonds. The summed E-state index contributed by atoms with van der Waals surface area (Å²) >= 11 is 5.91. The van der Waals surface area contributed by atoms with Crippen LogP contribution in [0.2, 0.25) is 5.02 Å². The van der Waals surface area contributed by atoms with Crippen molar-refractivity contribution >= 4 is 34.6 Å². The van der Waals surface area contributed by atoms with Gasteiger partial charge in [0, 0.05) is 16.8 Å². The number of nitrogens with one attached hydrogen (secondary N) is 2. The van der Waals surface area contributed by atoms with Crippen LogP contribution in [-0.2, 0) is 0 Å². The Kier molecular flexibility index (Phi) is 4.77. The third kappa shape index (κ3) is 3.62. The fourth-order valence-electron chi connectivity index (χ4n) is 1.92. The average Bonchev–Trinajstić information content (AvgIpc) is 2.41. The van der Waals surface area contributed by atoms with Gasteiger partial charge in [0.1, 0.15) is 6.33 Å². The molecule has 0 atom stereocenters. The van der Waals surface area contributed by atoms with E-state index >= 15 is 0 Å². The minimum Gasteiger partial charge on any atom is -0.362 e. The molecule has 1 aromatic carbocycles. The Labute approximate surface area is 132 Å². The molecule has 0 saturated heterocycles. The molecule has 1 heterocycles. The highest BCUT2D eigenvalue weighted by Crippen LogP contribution is 2.32. The largest absolute Gasteiger partial charge is 0.362 e. The Hall–Kier alpha value is -2.41. The quantitative estimate of drug-likeness (QED) is 0.640. The number of hydrogen-bond donors (Lipinski definition) is 2. The number of rotatable bonds is 5. The molecule has 0 aliphatic rings. The van der Waals surface area contributed by atoms with Gasteiger partial charge in [-0.05, 0) is 44.5 Å². The lowest BCUT2D eigenvalue weighted by Gasteiger charge is -2.13. The molecule has 0 bridgehead atoms. The molecule has 0 radical (unpaired) electrons. The van der Waals surface area contributed by atoms with Crippen molar-refractivity contribution in [2.75, 3.05) is 10.6 Å². The lowest BCUT2D eigenvalue weighted by atomic mass is 10.2. The van der Waals surface area contributed by atoms with E-state index < -0.39 is 4.92 Å². The van der Waals surface area contributed by atoms with Crippen molar-refractivity contribution in [1.82, 2.24) is 9.97 Å². The zero-order valence-electron chi connectivity index (χ0n) is 12.4. The van der Waals surface area contributed by atoms with E-state index in [-0.39, 0.29) is 23.4 Å². The highest BCUT2D eigenvalue weighted by atomic mass is 35.5.